The monoisotopic (exact) mass is 905 g/mol. The molecule has 0 saturated carbocycles. The van der Waals surface area contributed by atoms with Gasteiger partial charge in [0.05, 0.1) is 0 Å². The van der Waals surface area contributed by atoms with E-state index in [1.165, 1.54) is 212 Å². The zero-order valence-corrected chi connectivity index (χ0v) is 43.9. The molecule has 1 unspecified atom stereocenters. The van der Waals surface area contributed by atoms with Crippen LogP contribution in [0.1, 0.15) is 324 Å². The summed E-state index contributed by atoms with van der Waals surface area (Å²) >= 11 is 0. The number of rotatable bonds is 52. The van der Waals surface area contributed by atoms with Gasteiger partial charge in [-0.05, 0) is 31.1 Å². The summed E-state index contributed by atoms with van der Waals surface area (Å²) in [5.41, 5.74) is 0. The molecule has 0 spiro atoms. The van der Waals surface area contributed by atoms with Gasteiger partial charge in [-0.1, -0.05) is 285 Å². The van der Waals surface area contributed by atoms with Gasteiger partial charge >= 0.3 is 17.9 Å². The van der Waals surface area contributed by atoms with Crippen molar-refractivity contribution in [1.29, 1.82) is 0 Å². The highest BCUT2D eigenvalue weighted by molar-refractivity contribution is 5.71. The predicted molar refractivity (Wildman–Crippen MR) is 275 cm³/mol. The van der Waals surface area contributed by atoms with Crippen LogP contribution in [0.15, 0.2) is 0 Å². The molecule has 0 aliphatic rings. The van der Waals surface area contributed by atoms with Crippen molar-refractivity contribution in [2.45, 2.75) is 330 Å². The molecule has 0 radical (unpaired) electrons. The lowest BCUT2D eigenvalue weighted by atomic mass is 9.99. The van der Waals surface area contributed by atoms with Crippen LogP contribution >= 0.6 is 0 Å². The fourth-order valence-electron chi connectivity index (χ4n) is 8.84. The van der Waals surface area contributed by atoms with E-state index in [4.69, 9.17) is 14.2 Å². The summed E-state index contributed by atoms with van der Waals surface area (Å²) in [5, 5.41) is 0. The normalized spacial score (nSPS) is 12.5. The molecular formula is C58H112O6. The van der Waals surface area contributed by atoms with Gasteiger partial charge in [-0.25, -0.2) is 0 Å². The van der Waals surface area contributed by atoms with Crippen LogP contribution in [-0.4, -0.2) is 37.2 Å². The maximum absolute atomic E-state index is 12.7. The molecule has 0 aromatic rings. The van der Waals surface area contributed by atoms with E-state index in [1.54, 1.807) is 0 Å². The van der Waals surface area contributed by atoms with Crippen molar-refractivity contribution in [3.8, 4) is 0 Å². The number of ether oxygens (including phenoxy) is 3. The van der Waals surface area contributed by atoms with Crippen LogP contribution in [0.4, 0.5) is 0 Å². The van der Waals surface area contributed by atoms with Crippen LogP contribution in [0.5, 0.6) is 0 Å². The number of esters is 3. The maximum Gasteiger partial charge on any atom is 0.306 e. The lowest BCUT2D eigenvalue weighted by Crippen LogP contribution is -2.30. The number of carbonyl (C=O) groups excluding carboxylic acids is 3. The van der Waals surface area contributed by atoms with E-state index in [2.05, 4.69) is 34.6 Å². The molecule has 0 aliphatic carbocycles. The van der Waals surface area contributed by atoms with Crippen molar-refractivity contribution in [1.82, 2.24) is 0 Å². The molecule has 0 aliphatic heterocycles. The van der Waals surface area contributed by atoms with Gasteiger partial charge in [0, 0.05) is 19.3 Å². The van der Waals surface area contributed by atoms with Gasteiger partial charge in [-0.3, -0.25) is 14.4 Å². The van der Waals surface area contributed by atoms with Crippen molar-refractivity contribution in [3.05, 3.63) is 0 Å². The fourth-order valence-corrected chi connectivity index (χ4v) is 8.84. The topological polar surface area (TPSA) is 78.9 Å². The summed E-state index contributed by atoms with van der Waals surface area (Å²) in [6, 6.07) is 0. The minimum Gasteiger partial charge on any atom is -0.462 e. The van der Waals surface area contributed by atoms with Gasteiger partial charge in [-0.2, -0.15) is 0 Å². The fraction of sp³-hybridized carbons (Fsp3) is 0.948. The van der Waals surface area contributed by atoms with Crippen LogP contribution in [0.3, 0.4) is 0 Å². The van der Waals surface area contributed by atoms with E-state index in [-0.39, 0.29) is 31.1 Å². The zero-order chi connectivity index (χ0) is 46.8. The molecule has 0 bridgehead atoms. The predicted octanol–water partition coefficient (Wildman–Crippen LogP) is 18.9. The van der Waals surface area contributed by atoms with Crippen molar-refractivity contribution >= 4 is 17.9 Å². The summed E-state index contributed by atoms with van der Waals surface area (Å²) in [7, 11) is 0. The Morgan fingerprint density at radius 1 is 0.328 bits per heavy atom. The van der Waals surface area contributed by atoms with E-state index in [0.29, 0.717) is 19.3 Å². The van der Waals surface area contributed by atoms with E-state index in [9.17, 15) is 14.4 Å². The van der Waals surface area contributed by atoms with Crippen molar-refractivity contribution in [3.63, 3.8) is 0 Å². The Morgan fingerprint density at radius 2 is 0.594 bits per heavy atom. The van der Waals surface area contributed by atoms with Crippen LogP contribution in [0, 0.1) is 11.8 Å². The highest BCUT2D eigenvalue weighted by Crippen LogP contribution is 2.19. The SMILES string of the molecule is CCCCCCCCCC(=O)O[C@H](COC(=O)CCCCCCCCCCCCCCCCCCCCC(C)CC)COC(=O)CCCCCCCCCCCCCCCCC(C)C. The van der Waals surface area contributed by atoms with E-state index >= 15 is 0 Å². The highest BCUT2D eigenvalue weighted by Gasteiger charge is 2.19. The summed E-state index contributed by atoms with van der Waals surface area (Å²) in [4.78, 5) is 37.9. The van der Waals surface area contributed by atoms with Gasteiger partial charge < -0.3 is 14.2 Å². The number of carbonyl (C=O) groups is 3. The molecule has 0 N–H and O–H groups in total. The second-order valence-corrected chi connectivity index (χ2v) is 20.6. The Morgan fingerprint density at radius 3 is 0.891 bits per heavy atom. The van der Waals surface area contributed by atoms with Gasteiger partial charge in [0.1, 0.15) is 13.2 Å². The first kappa shape index (κ1) is 62.4. The summed E-state index contributed by atoms with van der Waals surface area (Å²) in [5.74, 6) is 0.907. The summed E-state index contributed by atoms with van der Waals surface area (Å²) in [6.45, 7) is 11.4. The molecule has 64 heavy (non-hydrogen) atoms. The Bertz CT molecular complexity index is 980. The molecule has 0 rings (SSSR count). The summed E-state index contributed by atoms with van der Waals surface area (Å²) < 4.78 is 16.8. The van der Waals surface area contributed by atoms with Gasteiger partial charge in [-0.15, -0.1) is 0 Å². The van der Waals surface area contributed by atoms with Crippen LogP contribution in [0.2, 0.25) is 0 Å². The lowest BCUT2D eigenvalue weighted by Gasteiger charge is -2.18. The molecule has 0 saturated heterocycles. The molecular weight excluding hydrogens is 793 g/mol. The first-order valence-electron chi connectivity index (χ1n) is 28.8. The first-order valence-corrected chi connectivity index (χ1v) is 28.8. The number of unbranched alkanes of at least 4 members (excludes halogenated alkanes) is 36. The minimum atomic E-state index is -0.761. The highest BCUT2D eigenvalue weighted by atomic mass is 16.6. The smallest absolute Gasteiger partial charge is 0.306 e. The third-order valence-corrected chi connectivity index (χ3v) is 13.6. The Labute approximate surface area is 399 Å². The quantitative estimate of drug-likeness (QED) is 0.0344. The average Bonchev–Trinajstić information content (AvgIpc) is 3.28. The Balaban J connectivity index is 4.08. The molecule has 6 heteroatoms. The van der Waals surface area contributed by atoms with Crippen LogP contribution in [0.25, 0.3) is 0 Å². The molecule has 0 fully saturated rings. The van der Waals surface area contributed by atoms with Gasteiger partial charge in [0.2, 0.25) is 0 Å². The zero-order valence-electron chi connectivity index (χ0n) is 43.9. The number of hydrogen-bond acceptors (Lipinski definition) is 6. The largest absolute Gasteiger partial charge is 0.462 e. The molecule has 0 aromatic heterocycles. The lowest BCUT2D eigenvalue weighted by molar-refractivity contribution is -0.167. The molecule has 0 heterocycles. The van der Waals surface area contributed by atoms with Crippen molar-refractivity contribution in [2.24, 2.45) is 11.8 Å². The van der Waals surface area contributed by atoms with Crippen LogP contribution in [-0.2, 0) is 28.6 Å². The van der Waals surface area contributed by atoms with Crippen molar-refractivity contribution in [2.75, 3.05) is 13.2 Å². The average molecular weight is 906 g/mol. The van der Waals surface area contributed by atoms with Crippen LogP contribution < -0.4 is 0 Å². The van der Waals surface area contributed by atoms with Gasteiger partial charge in [0.15, 0.2) is 6.10 Å². The standard InChI is InChI=1S/C58H112O6/c1-6-8-9-10-31-40-45-50-58(61)64-55(52-63-57(60)49-44-39-35-30-26-22-18-17-19-23-27-32-36-41-46-53(3)4)51-62-56(59)48-43-38-34-29-25-21-16-14-12-11-13-15-20-24-28-33-37-42-47-54(5)7-2/h53-55H,6-52H2,1-5H3/t54?,55-/m1/s1. The Kier molecular flexibility index (Phi) is 49.6. The molecule has 6 nitrogen and oxygen atoms in total. The molecule has 2 atom stereocenters. The first-order chi connectivity index (χ1) is 31.3. The maximum atomic E-state index is 12.7. The number of hydrogen-bond donors (Lipinski definition) is 0. The third-order valence-electron chi connectivity index (χ3n) is 13.6. The van der Waals surface area contributed by atoms with E-state index in [1.807, 2.05) is 0 Å². The molecule has 0 aromatic carbocycles. The van der Waals surface area contributed by atoms with E-state index in [0.717, 1.165) is 69.6 Å². The third kappa shape index (κ3) is 49.8. The molecule has 0 amide bonds. The van der Waals surface area contributed by atoms with E-state index < -0.39 is 6.10 Å². The van der Waals surface area contributed by atoms with Gasteiger partial charge in [0.25, 0.3) is 0 Å². The second kappa shape index (κ2) is 50.8. The minimum absolute atomic E-state index is 0.0634. The summed E-state index contributed by atoms with van der Waals surface area (Å²) in [6.07, 6.45) is 54.0. The Hall–Kier alpha value is -1.59. The molecule has 380 valence electrons. The van der Waals surface area contributed by atoms with Crippen molar-refractivity contribution < 1.29 is 28.6 Å². The second-order valence-electron chi connectivity index (χ2n) is 20.6.